The Labute approximate surface area is 138 Å². The molecule has 124 valence electrons. The average molecular weight is 330 g/mol. The van der Waals surface area contributed by atoms with Gasteiger partial charge in [0.2, 0.25) is 5.91 Å². The van der Waals surface area contributed by atoms with Crippen LogP contribution in [0.25, 0.3) is 0 Å². The standard InChI is InChI=1S/C18H16F2N2O2/c19-14-6-3-7-15(20)18(14)16(23)11-22-17(24)10-13-5-2-1-4-12(13)8-9-21/h1-7,16,23H,8,10-11H2,(H,22,24). The summed E-state index contributed by atoms with van der Waals surface area (Å²) in [4.78, 5) is 12.0. The summed E-state index contributed by atoms with van der Waals surface area (Å²) in [6, 6.07) is 12.3. The molecule has 0 aliphatic rings. The summed E-state index contributed by atoms with van der Waals surface area (Å²) in [5.74, 6) is -2.14. The van der Waals surface area contributed by atoms with Crippen molar-refractivity contribution in [3.8, 4) is 6.07 Å². The molecule has 0 bridgehead atoms. The van der Waals surface area contributed by atoms with Crippen LogP contribution in [-0.4, -0.2) is 17.6 Å². The summed E-state index contributed by atoms with van der Waals surface area (Å²) in [6.07, 6.45) is -1.28. The lowest BCUT2D eigenvalue weighted by atomic mass is 10.0. The molecule has 0 saturated heterocycles. The van der Waals surface area contributed by atoms with Gasteiger partial charge in [0.05, 0.1) is 24.5 Å². The van der Waals surface area contributed by atoms with E-state index in [1.54, 1.807) is 24.3 Å². The minimum atomic E-state index is -1.48. The molecular weight excluding hydrogens is 314 g/mol. The molecule has 0 fully saturated rings. The Morgan fingerprint density at radius 1 is 1.12 bits per heavy atom. The van der Waals surface area contributed by atoms with E-state index < -0.39 is 29.2 Å². The van der Waals surface area contributed by atoms with Gasteiger partial charge >= 0.3 is 0 Å². The molecule has 0 saturated carbocycles. The smallest absolute Gasteiger partial charge is 0.224 e. The Bertz CT molecular complexity index is 752. The number of nitrogens with zero attached hydrogens (tertiary/aromatic N) is 1. The Morgan fingerprint density at radius 2 is 1.75 bits per heavy atom. The van der Waals surface area contributed by atoms with Crippen molar-refractivity contribution in [3.63, 3.8) is 0 Å². The fourth-order valence-corrected chi connectivity index (χ4v) is 2.36. The van der Waals surface area contributed by atoms with Gasteiger partial charge in [-0.25, -0.2) is 8.78 Å². The highest BCUT2D eigenvalue weighted by atomic mass is 19.1. The number of rotatable bonds is 6. The van der Waals surface area contributed by atoms with Crippen molar-refractivity contribution in [2.45, 2.75) is 18.9 Å². The van der Waals surface area contributed by atoms with Crippen molar-refractivity contribution < 1.29 is 18.7 Å². The van der Waals surface area contributed by atoms with E-state index >= 15 is 0 Å². The van der Waals surface area contributed by atoms with E-state index in [0.29, 0.717) is 5.56 Å². The molecule has 0 heterocycles. The molecule has 2 N–H and O–H groups in total. The lowest BCUT2D eigenvalue weighted by molar-refractivity contribution is -0.120. The third kappa shape index (κ3) is 4.37. The molecule has 4 nitrogen and oxygen atoms in total. The summed E-state index contributed by atoms with van der Waals surface area (Å²) in [7, 11) is 0. The number of halogens is 2. The van der Waals surface area contributed by atoms with E-state index in [4.69, 9.17) is 5.26 Å². The highest BCUT2D eigenvalue weighted by molar-refractivity contribution is 5.79. The Kier molecular flexibility index (Phi) is 5.99. The average Bonchev–Trinajstić information content (AvgIpc) is 2.55. The minimum absolute atomic E-state index is 0.0182. The Balaban J connectivity index is 1.98. The fraction of sp³-hybridized carbons (Fsp3) is 0.222. The Morgan fingerprint density at radius 3 is 2.38 bits per heavy atom. The molecule has 0 aliphatic heterocycles. The number of nitriles is 1. The van der Waals surface area contributed by atoms with Gasteiger partial charge < -0.3 is 10.4 Å². The van der Waals surface area contributed by atoms with E-state index in [1.165, 1.54) is 6.07 Å². The van der Waals surface area contributed by atoms with Gasteiger partial charge in [-0.1, -0.05) is 30.3 Å². The van der Waals surface area contributed by atoms with Crippen molar-refractivity contribution in [3.05, 3.63) is 70.8 Å². The maximum Gasteiger partial charge on any atom is 0.224 e. The molecule has 0 radical (unpaired) electrons. The van der Waals surface area contributed by atoms with E-state index in [0.717, 1.165) is 17.7 Å². The van der Waals surface area contributed by atoms with Crippen molar-refractivity contribution >= 4 is 5.91 Å². The van der Waals surface area contributed by atoms with Gasteiger partial charge in [-0.3, -0.25) is 4.79 Å². The number of carbonyl (C=O) groups is 1. The van der Waals surface area contributed by atoms with E-state index in [9.17, 15) is 18.7 Å². The molecule has 2 rings (SSSR count). The topological polar surface area (TPSA) is 73.1 Å². The van der Waals surface area contributed by atoms with Crippen LogP contribution < -0.4 is 5.32 Å². The summed E-state index contributed by atoms with van der Waals surface area (Å²) in [5.41, 5.74) is 0.974. The van der Waals surface area contributed by atoms with E-state index in [2.05, 4.69) is 5.32 Å². The minimum Gasteiger partial charge on any atom is -0.386 e. The summed E-state index contributed by atoms with van der Waals surface area (Å²) in [6.45, 7) is -0.308. The van der Waals surface area contributed by atoms with Crippen LogP contribution in [0.15, 0.2) is 42.5 Å². The number of hydrogen-bond acceptors (Lipinski definition) is 3. The first-order valence-corrected chi connectivity index (χ1v) is 7.35. The molecule has 2 aromatic carbocycles. The predicted octanol–water partition coefficient (Wildman–Crippen LogP) is 2.42. The molecule has 6 heteroatoms. The highest BCUT2D eigenvalue weighted by Crippen LogP contribution is 2.20. The number of nitrogens with one attached hydrogen (secondary N) is 1. The largest absolute Gasteiger partial charge is 0.386 e. The summed E-state index contributed by atoms with van der Waals surface area (Å²) < 4.78 is 27.1. The van der Waals surface area contributed by atoms with E-state index in [1.807, 2.05) is 6.07 Å². The molecule has 0 aliphatic carbocycles. The predicted molar refractivity (Wildman–Crippen MR) is 83.8 cm³/mol. The van der Waals surface area contributed by atoms with Crippen LogP contribution in [0.1, 0.15) is 22.8 Å². The number of hydrogen-bond donors (Lipinski definition) is 2. The molecule has 0 spiro atoms. The summed E-state index contributed by atoms with van der Waals surface area (Å²) in [5, 5.41) is 21.1. The van der Waals surface area contributed by atoms with Crippen LogP contribution in [0.2, 0.25) is 0 Å². The lowest BCUT2D eigenvalue weighted by Gasteiger charge is -2.14. The number of aliphatic hydroxyl groups excluding tert-OH is 1. The van der Waals surface area contributed by atoms with Crippen molar-refractivity contribution in [1.82, 2.24) is 5.32 Å². The third-order valence-corrected chi connectivity index (χ3v) is 3.56. The third-order valence-electron chi connectivity index (χ3n) is 3.56. The second-order valence-electron chi connectivity index (χ2n) is 5.24. The molecule has 1 unspecified atom stereocenters. The fourth-order valence-electron chi connectivity index (χ4n) is 2.36. The van der Waals surface area contributed by atoms with Crippen LogP contribution in [0.4, 0.5) is 8.78 Å². The maximum atomic E-state index is 13.6. The number of amides is 1. The van der Waals surface area contributed by atoms with Crippen molar-refractivity contribution in [2.75, 3.05) is 6.54 Å². The van der Waals surface area contributed by atoms with Crippen LogP contribution >= 0.6 is 0 Å². The van der Waals surface area contributed by atoms with Crippen molar-refractivity contribution in [1.29, 1.82) is 5.26 Å². The zero-order valence-corrected chi connectivity index (χ0v) is 12.8. The Hall–Kier alpha value is -2.78. The van der Waals surface area contributed by atoms with Crippen molar-refractivity contribution in [2.24, 2.45) is 0 Å². The van der Waals surface area contributed by atoms with Crippen LogP contribution in [0.3, 0.4) is 0 Å². The molecule has 24 heavy (non-hydrogen) atoms. The van der Waals surface area contributed by atoms with E-state index in [-0.39, 0.29) is 19.4 Å². The number of benzene rings is 2. The first kappa shape index (κ1) is 17.6. The molecular formula is C18H16F2N2O2. The van der Waals surface area contributed by atoms with Crippen LogP contribution in [-0.2, 0) is 17.6 Å². The molecule has 1 amide bonds. The van der Waals surface area contributed by atoms with Gasteiger partial charge in [0.1, 0.15) is 17.7 Å². The zero-order valence-electron chi connectivity index (χ0n) is 12.8. The normalized spacial score (nSPS) is 11.6. The SMILES string of the molecule is N#CCc1ccccc1CC(=O)NCC(O)c1c(F)cccc1F. The number of aliphatic hydroxyl groups is 1. The summed E-state index contributed by atoms with van der Waals surface area (Å²) >= 11 is 0. The second-order valence-corrected chi connectivity index (χ2v) is 5.24. The first-order chi connectivity index (χ1) is 11.5. The lowest BCUT2D eigenvalue weighted by Crippen LogP contribution is -2.30. The van der Waals surface area contributed by atoms with Gasteiger partial charge in [-0.2, -0.15) is 5.26 Å². The van der Waals surface area contributed by atoms with Gasteiger partial charge in [0.15, 0.2) is 0 Å². The molecule has 0 aromatic heterocycles. The van der Waals surface area contributed by atoms with Gasteiger partial charge in [0.25, 0.3) is 0 Å². The second kappa shape index (κ2) is 8.18. The first-order valence-electron chi connectivity index (χ1n) is 7.35. The van der Waals surface area contributed by atoms with Gasteiger partial charge in [-0.15, -0.1) is 0 Å². The molecule has 2 aromatic rings. The number of carbonyl (C=O) groups excluding carboxylic acids is 1. The maximum absolute atomic E-state index is 13.6. The van der Waals surface area contributed by atoms with Crippen LogP contribution in [0, 0.1) is 23.0 Å². The zero-order chi connectivity index (χ0) is 17.5. The van der Waals surface area contributed by atoms with Crippen LogP contribution in [0.5, 0.6) is 0 Å². The van der Waals surface area contributed by atoms with Gasteiger partial charge in [-0.05, 0) is 23.3 Å². The highest BCUT2D eigenvalue weighted by Gasteiger charge is 2.18. The van der Waals surface area contributed by atoms with Gasteiger partial charge in [0, 0.05) is 6.54 Å². The monoisotopic (exact) mass is 330 g/mol. The quantitative estimate of drug-likeness (QED) is 0.854. The molecule has 1 atom stereocenters.